The summed E-state index contributed by atoms with van der Waals surface area (Å²) in [5, 5.41) is 2.48. The van der Waals surface area contributed by atoms with Gasteiger partial charge in [-0.3, -0.25) is 19.8 Å². The van der Waals surface area contributed by atoms with Crippen LogP contribution in [0.3, 0.4) is 0 Å². The van der Waals surface area contributed by atoms with E-state index < -0.39 is 0 Å². The minimum absolute atomic E-state index is 0.0597. The zero-order valence-corrected chi connectivity index (χ0v) is 10.3. The fourth-order valence-corrected chi connectivity index (χ4v) is 2.62. The molecular formula is C12H20N2O2. The molecule has 2 heterocycles. The quantitative estimate of drug-likeness (QED) is 0.622. The van der Waals surface area contributed by atoms with Gasteiger partial charge in [-0.25, -0.2) is 0 Å². The van der Waals surface area contributed by atoms with Crippen molar-refractivity contribution in [3.05, 3.63) is 0 Å². The third kappa shape index (κ3) is 1.86. The lowest BCUT2D eigenvalue weighted by Gasteiger charge is -2.35. The maximum Gasteiger partial charge on any atom is 0.234 e. The summed E-state index contributed by atoms with van der Waals surface area (Å²) >= 11 is 0. The Hall–Kier alpha value is -0.900. The van der Waals surface area contributed by atoms with E-state index in [4.69, 9.17) is 0 Å². The zero-order chi connectivity index (χ0) is 12.0. The predicted octanol–water partition coefficient (Wildman–Crippen LogP) is 0.914. The van der Waals surface area contributed by atoms with E-state index in [-0.39, 0.29) is 22.8 Å². The Bertz CT molecular complexity index is 332. The lowest BCUT2D eigenvalue weighted by molar-refractivity contribution is -0.141. The summed E-state index contributed by atoms with van der Waals surface area (Å²) in [6.45, 7) is 8.23. The van der Waals surface area contributed by atoms with Crippen molar-refractivity contribution in [3.8, 4) is 0 Å². The molecule has 1 unspecified atom stereocenters. The minimum atomic E-state index is -0.304. The lowest BCUT2D eigenvalue weighted by Crippen LogP contribution is -2.51. The second kappa shape index (κ2) is 3.55. The summed E-state index contributed by atoms with van der Waals surface area (Å²) in [4.78, 5) is 25.4. The maximum absolute atomic E-state index is 11.9. The van der Waals surface area contributed by atoms with Gasteiger partial charge in [-0.05, 0) is 40.2 Å². The molecular weight excluding hydrogens is 204 g/mol. The molecule has 2 saturated heterocycles. The molecule has 0 bridgehead atoms. The average Bonchev–Trinajstić information content (AvgIpc) is 2.57. The molecule has 4 nitrogen and oxygen atoms in total. The number of carbonyl (C=O) groups is 2. The van der Waals surface area contributed by atoms with Gasteiger partial charge in [0.1, 0.15) is 0 Å². The molecule has 2 aliphatic heterocycles. The van der Waals surface area contributed by atoms with Crippen molar-refractivity contribution in [2.75, 3.05) is 13.1 Å². The first-order valence-corrected chi connectivity index (χ1v) is 5.93. The monoisotopic (exact) mass is 224 g/mol. The highest BCUT2D eigenvalue weighted by molar-refractivity contribution is 6.00. The Morgan fingerprint density at radius 2 is 1.94 bits per heavy atom. The molecule has 2 aliphatic rings. The SMILES string of the molecule is CC(C)(C)N1CCC2(CCC(=O)NC2=O)C1. The normalized spacial score (nSPS) is 32.2. The fraction of sp³-hybridized carbons (Fsp3) is 0.833. The first kappa shape index (κ1) is 11.6. The van der Waals surface area contributed by atoms with Crippen molar-refractivity contribution >= 4 is 11.8 Å². The molecule has 90 valence electrons. The number of imide groups is 1. The van der Waals surface area contributed by atoms with Gasteiger partial charge in [-0.15, -0.1) is 0 Å². The number of carbonyl (C=O) groups excluding carboxylic acids is 2. The van der Waals surface area contributed by atoms with Crippen molar-refractivity contribution in [2.45, 2.75) is 45.6 Å². The van der Waals surface area contributed by atoms with Crippen LogP contribution in [0.4, 0.5) is 0 Å². The largest absolute Gasteiger partial charge is 0.297 e. The van der Waals surface area contributed by atoms with Crippen molar-refractivity contribution in [1.82, 2.24) is 10.2 Å². The zero-order valence-electron chi connectivity index (χ0n) is 10.3. The molecule has 2 fully saturated rings. The van der Waals surface area contributed by atoms with E-state index in [9.17, 15) is 9.59 Å². The van der Waals surface area contributed by atoms with Crippen LogP contribution in [0.15, 0.2) is 0 Å². The highest BCUT2D eigenvalue weighted by Gasteiger charge is 2.49. The molecule has 0 saturated carbocycles. The summed E-state index contributed by atoms with van der Waals surface area (Å²) in [7, 11) is 0. The van der Waals surface area contributed by atoms with E-state index in [2.05, 4.69) is 31.0 Å². The van der Waals surface area contributed by atoms with E-state index in [0.29, 0.717) is 12.8 Å². The number of likely N-dealkylation sites (tertiary alicyclic amines) is 1. The van der Waals surface area contributed by atoms with Gasteiger partial charge >= 0.3 is 0 Å². The molecule has 2 amide bonds. The van der Waals surface area contributed by atoms with Crippen molar-refractivity contribution < 1.29 is 9.59 Å². The molecule has 1 atom stereocenters. The van der Waals surface area contributed by atoms with Gasteiger partial charge in [0.25, 0.3) is 0 Å². The molecule has 4 heteroatoms. The van der Waals surface area contributed by atoms with Crippen molar-refractivity contribution in [2.24, 2.45) is 5.41 Å². The van der Waals surface area contributed by atoms with E-state index >= 15 is 0 Å². The molecule has 1 spiro atoms. The number of nitrogens with zero attached hydrogens (tertiary/aromatic N) is 1. The van der Waals surface area contributed by atoms with Crippen LogP contribution < -0.4 is 5.32 Å². The number of hydrogen-bond acceptors (Lipinski definition) is 3. The number of hydrogen-bond donors (Lipinski definition) is 1. The van der Waals surface area contributed by atoms with Crippen molar-refractivity contribution in [3.63, 3.8) is 0 Å². The van der Waals surface area contributed by atoms with Gasteiger partial charge in [-0.2, -0.15) is 0 Å². The molecule has 0 radical (unpaired) electrons. The smallest absolute Gasteiger partial charge is 0.234 e. The van der Waals surface area contributed by atoms with E-state index in [1.807, 2.05) is 0 Å². The molecule has 0 aromatic rings. The Morgan fingerprint density at radius 1 is 1.25 bits per heavy atom. The van der Waals surface area contributed by atoms with E-state index in [0.717, 1.165) is 19.5 Å². The Kier molecular flexibility index (Phi) is 2.57. The van der Waals surface area contributed by atoms with Crippen LogP contribution >= 0.6 is 0 Å². The number of nitrogens with one attached hydrogen (secondary N) is 1. The van der Waals surface area contributed by atoms with Crippen molar-refractivity contribution in [1.29, 1.82) is 0 Å². The van der Waals surface area contributed by atoms with Gasteiger partial charge in [-0.1, -0.05) is 0 Å². The standard InChI is InChI=1S/C12H20N2O2/c1-11(2,3)14-7-6-12(8-14)5-4-9(15)13-10(12)16/h4-8H2,1-3H3,(H,13,15,16). The van der Waals surface area contributed by atoms with Crippen LogP contribution in [0.1, 0.15) is 40.0 Å². The predicted molar refractivity (Wildman–Crippen MR) is 60.8 cm³/mol. The van der Waals surface area contributed by atoms with Gasteiger partial charge < -0.3 is 0 Å². The maximum atomic E-state index is 11.9. The van der Waals surface area contributed by atoms with Crippen LogP contribution in [0, 0.1) is 5.41 Å². The Labute approximate surface area is 96.4 Å². The average molecular weight is 224 g/mol. The topological polar surface area (TPSA) is 49.4 Å². The molecule has 1 N–H and O–H groups in total. The number of rotatable bonds is 0. The summed E-state index contributed by atoms with van der Waals surface area (Å²) in [6, 6.07) is 0. The third-order valence-corrected chi connectivity index (χ3v) is 3.87. The summed E-state index contributed by atoms with van der Waals surface area (Å²) < 4.78 is 0. The Balaban J connectivity index is 2.12. The van der Waals surface area contributed by atoms with Crippen LogP contribution in [-0.4, -0.2) is 35.3 Å². The summed E-state index contributed by atoms with van der Waals surface area (Å²) in [5.41, 5.74) is -0.202. The summed E-state index contributed by atoms with van der Waals surface area (Å²) in [6.07, 6.45) is 2.08. The van der Waals surface area contributed by atoms with Gasteiger partial charge in [0.05, 0.1) is 5.41 Å². The summed E-state index contributed by atoms with van der Waals surface area (Å²) in [5.74, 6) is -0.180. The number of piperidine rings is 1. The van der Waals surface area contributed by atoms with Gasteiger partial charge in [0.15, 0.2) is 0 Å². The third-order valence-electron chi connectivity index (χ3n) is 3.87. The minimum Gasteiger partial charge on any atom is -0.297 e. The van der Waals surface area contributed by atoms with Gasteiger partial charge in [0.2, 0.25) is 11.8 Å². The van der Waals surface area contributed by atoms with Crippen LogP contribution in [0.2, 0.25) is 0 Å². The van der Waals surface area contributed by atoms with E-state index in [1.54, 1.807) is 0 Å². The molecule has 0 aromatic heterocycles. The fourth-order valence-electron chi connectivity index (χ4n) is 2.62. The highest BCUT2D eigenvalue weighted by Crippen LogP contribution is 2.39. The number of amides is 2. The second-order valence-electron chi connectivity index (χ2n) is 6.00. The van der Waals surface area contributed by atoms with Crippen LogP contribution in [0.25, 0.3) is 0 Å². The first-order valence-electron chi connectivity index (χ1n) is 5.93. The highest BCUT2D eigenvalue weighted by atomic mass is 16.2. The lowest BCUT2D eigenvalue weighted by atomic mass is 9.79. The van der Waals surface area contributed by atoms with E-state index in [1.165, 1.54) is 0 Å². The van der Waals surface area contributed by atoms with Crippen LogP contribution in [0.5, 0.6) is 0 Å². The van der Waals surface area contributed by atoms with Gasteiger partial charge in [0, 0.05) is 18.5 Å². The van der Waals surface area contributed by atoms with Crippen LogP contribution in [-0.2, 0) is 9.59 Å². The second-order valence-corrected chi connectivity index (χ2v) is 6.00. The molecule has 0 aliphatic carbocycles. The molecule has 2 rings (SSSR count). The molecule has 0 aromatic carbocycles. The molecule has 16 heavy (non-hydrogen) atoms. The first-order chi connectivity index (χ1) is 7.33. The Morgan fingerprint density at radius 3 is 2.44 bits per heavy atom.